The third kappa shape index (κ3) is 8.87. The van der Waals surface area contributed by atoms with Crippen molar-refractivity contribution in [3.05, 3.63) is 105 Å². The fourth-order valence-corrected chi connectivity index (χ4v) is 5.49. The lowest BCUT2D eigenvalue weighted by atomic mass is 10.0. The largest absolute Gasteiger partial charge is 0.350 e. The predicted molar refractivity (Wildman–Crippen MR) is 164 cm³/mol. The molecule has 0 radical (unpaired) electrons. The molecule has 1 atom stereocenters. The van der Waals surface area contributed by atoms with Gasteiger partial charge in [-0.05, 0) is 51.3 Å². The number of sulfonamides is 1. The van der Waals surface area contributed by atoms with E-state index in [1.54, 1.807) is 6.92 Å². The number of anilines is 1. The summed E-state index contributed by atoms with van der Waals surface area (Å²) in [6, 6.07) is 19.7. The minimum atomic E-state index is -4.06. The lowest BCUT2D eigenvalue weighted by Gasteiger charge is -2.35. The van der Waals surface area contributed by atoms with Gasteiger partial charge in [-0.3, -0.25) is 24.0 Å². The number of aryl methyl sites for hydroxylation is 2. The van der Waals surface area contributed by atoms with Gasteiger partial charge in [-0.25, -0.2) is 8.42 Å². The molecule has 1 N–H and O–H groups in total. The highest BCUT2D eigenvalue weighted by Gasteiger charge is 2.35. The van der Waals surface area contributed by atoms with Crippen LogP contribution in [0.1, 0.15) is 43.0 Å². The summed E-state index contributed by atoms with van der Waals surface area (Å²) >= 11 is 0. The molecule has 0 aromatic heterocycles. The molecule has 0 fully saturated rings. The highest BCUT2D eigenvalue weighted by molar-refractivity contribution is 7.92. The van der Waals surface area contributed by atoms with Gasteiger partial charge in [0.15, 0.2) is 0 Å². The summed E-state index contributed by atoms with van der Waals surface area (Å²) < 4.78 is 26.9. The number of hydrogen-bond acceptors (Lipinski definition) is 6. The molecular formula is C31H38N4O6S. The van der Waals surface area contributed by atoms with E-state index in [4.69, 9.17) is 0 Å². The normalized spacial score (nSPS) is 12.3. The van der Waals surface area contributed by atoms with Gasteiger partial charge in [0.1, 0.15) is 12.6 Å². The number of amides is 2. The Bertz CT molecular complexity index is 1550. The highest BCUT2D eigenvalue weighted by atomic mass is 32.2. The Balaban J connectivity index is 2.13. The van der Waals surface area contributed by atoms with E-state index < -0.39 is 39.0 Å². The molecule has 11 heteroatoms. The summed E-state index contributed by atoms with van der Waals surface area (Å²) in [5.41, 5.74) is 2.11. The molecule has 0 aliphatic rings. The maximum Gasteiger partial charge on any atom is 0.271 e. The molecule has 0 bridgehead atoms. The average molecular weight is 595 g/mol. The molecule has 0 saturated carbocycles. The van der Waals surface area contributed by atoms with Crippen molar-refractivity contribution in [2.75, 3.05) is 17.1 Å². The fourth-order valence-electron chi connectivity index (χ4n) is 4.59. The molecule has 3 aromatic carbocycles. The minimum absolute atomic E-state index is 0.0225. The zero-order valence-corrected chi connectivity index (χ0v) is 25.6. The van der Waals surface area contributed by atoms with Crippen LogP contribution in [-0.2, 0) is 32.6 Å². The zero-order valence-electron chi connectivity index (χ0n) is 24.8. The van der Waals surface area contributed by atoms with Gasteiger partial charge in [-0.1, -0.05) is 66.2 Å². The van der Waals surface area contributed by atoms with Crippen molar-refractivity contribution >= 4 is 33.2 Å². The van der Waals surface area contributed by atoms with E-state index in [1.165, 1.54) is 17.0 Å². The Morgan fingerprint density at radius 2 is 1.60 bits per heavy atom. The summed E-state index contributed by atoms with van der Waals surface area (Å²) in [5.74, 6) is -1.01. The SMILES string of the molecule is Cc1cccc(CN(C(=O)CN(c2cc([N+](=O)[O-])ccc2C)S(C)(=O)=O)C(Cc2ccccc2)C(=O)NC(C)(C)C)c1. The van der Waals surface area contributed by atoms with Crippen LogP contribution < -0.4 is 9.62 Å². The van der Waals surface area contributed by atoms with E-state index in [0.29, 0.717) is 5.56 Å². The molecule has 3 rings (SSSR count). The quantitative estimate of drug-likeness (QED) is 0.256. The molecule has 10 nitrogen and oxygen atoms in total. The summed E-state index contributed by atoms with van der Waals surface area (Å²) in [6.45, 7) is 8.44. The smallest absolute Gasteiger partial charge is 0.271 e. The van der Waals surface area contributed by atoms with E-state index in [1.807, 2.05) is 82.3 Å². The molecule has 1 unspecified atom stereocenters. The summed E-state index contributed by atoms with van der Waals surface area (Å²) in [7, 11) is -4.06. The summed E-state index contributed by atoms with van der Waals surface area (Å²) in [6.07, 6.45) is 1.13. The van der Waals surface area contributed by atoms with E-state index in [0.717, 1.165) is 33.3 Å². The molecule has 224 valence electrons. The van der Waals surface area contributed by atoms with Crippen molar-refractivity contribution in [1.29, 1.82) is 0 Å². The Morgan fingerprint density at radius 3 is 2.17 bits per heavy atom. The predicted octanol–water partition coefficient (Wildman–Crippen LogP) is 4.53. The van der Waals surface area contributed by atoms with E-state index in [2.05, 4.69) is 5.32 Å². The minimum Gasteiger partial charge on any atom is -0.350 e. The van der Waals surface area contributed by atoms with Gasteiger partial charge in [-0.2, -0.15) is 0 Å². The van der Waals surface area contributed by atoms with Crippen LogP contribution in [0, 0.1) is 24.0 Å². The van der Waals surface area contributed by atoms with Crippen molar-refractivity contribution in [2.45, 2.75) is 59.2 Å². The zero-order chi connectivity index (χ0) is 31.2. The van der Waals surface area contributed by atoms with Crippen molar-refractivity contribution in [2.24, 2.45) is 0 Å². The van der Waals surface area contributed by atoms with Crippen LogP contribution in [0.3, 0.4) is 0 Å². The number of nitro groups is 1. The van der Waals surface area contributed by atoms with E-state index in [9.17, 15) is 28.1 Å². The highest BCUT2D eigenvalue weighted by Crippen LogP contribution is 2.28. The van der Waals surface area contributed by atoms with E-state index >= 15 is 0 Å². The van der Waals surface area contributed by atoms with Gasteiger partial charge in [0.2, 0.25) is 21.8 Å². The van der Waals surface area contributed by atoms with E-state index in [-0.39, 0.29) is 30.2 Å². The number of rotatable bonds is 11. The van der Waals surface area contributed by atoms with Crippen LogP contribution in [0.15, 0.2) is 72.8 Å². The van der Waals surface area contributed by atoms with Gasteiger partial charge >= 0.3 is 0 Å². The topological polar surface area (TPSA) is 130 Å². The first-order valence-corrected chi connectivity index (χ1v) is 15.3. The first-order valence-electron chi connectivity index (χ1n) is 13.5. The molecule has 0 aliphatic heterocycles. The van der Waals surface area contributed by atoms with Crippen LogP contribution in [0.4, 0.5) is 11.4 Å². The number of nitro benzene ring substituents is 1. The first kappa shape index (κ1) is 32.3. The second kappa shape index (κ2) is 13.2. The average Bonchev–Trinajstić information content (AvgIpc) is 2.88. The first-order chi connectivity index (χ1) is 19.5. The molecule has 0 heterocycles. The van der Waals surface area contributed by atoms with Crippen molar-refractivity contribution in [3.8, 4) is 0 Å². The fraction of sp³-hybridized carbons (Fsp3) is 0.355. The Labute approximate surface area is 247 Å². The van der Waals surface area contributed by atoms with Crippen LogP contribution in [0.25, 0.3) is 0 Å². The monoisotopic (exact) mass is 594 g/mol. The third-order valence-electron chi connectivity index (χ3n) is 6.56. The van der Waals surface area contributed by atoms with Crippen molar-refractivity contribution < 1.29 is 22.9 Å². The molecule has 42 heavy (non-hydrogen) atoms. The number of carbonyl (C=O) groups is 2. The van der Waals surface area contributed by atoms with Crippen LogP contribution >= 0.6 is 0 Å². The maximum atomic E-state index is 14.2. The second-order valence-electron chi connectivity index (χ2n) is 11.5. The molecule has 3 aromatic rings. The third-order valence-corrected chi connectivity index (χ3v) is 7.68. The number of carbonyl (C=O) groups excluding carboxylic acids is 2. The van der Waals surface area contributed by atoms with Gasteiger partial charge in [0.25, 0.3) is 5.69 Å². The lowest BCUT2D eigenvalue weighted by molar-refractivity contribution is -0.384. The Hall–Kier alpha value is -4.25. The van der Waals surface area contributed by atoms with Crippen LogP contribution in [-0.4, -0.2) is 54.4 Å². The second-order valence-corrected chi connectivity index (χ2v) is 13.4. The van der Waals surface area contributed by atoms with Crippen molar-refractivity contribution in [1.82, 2.24) is 10.2 Å². The molecule has 0 saturated heterocycles. The maximum absolute atomic E-state index is 14.2. The van der Waals surface area contributed by atoms with Gasteiger partial charge in [0, 0.05) is 30.6 Å². The number of nitrogens with zero attached hydrogens (tertiary/aromatic N) is 3. The summed E-state index contributed by atoms with van der Waals surface area (Å²) in [4.78, 5) is 40.2. The van der Waals surface area contributed by atoms with Crippen LogP contribution in [0.2, 0.25) is 0 Å². The van der Waals surface area contributed by atoms with Crippen molar-refractivity contribution in [3.63, 3.8) is 0 Å². The Kier molecular flexibility index (Phi) is 10.1. The summed E-state index contributed by atoms with van der Waals surface area (Å²) in [5, 5.41) is 14.4. The van der Waals surface area contributed by atoms with Gasteiger partial charge in [-0.15, -0.1) is 0 Å². The standard InChI is InChI=1S/C31H38N4O6S/c1-22-11-10-14-25(17-22)20-33(28(30(37)32-31(3,4)5)18-24-12-8-7-9-13-24)29(36)21-34(42(6,40)41)27-19-26(35(38)39)16-15-23(27)2/h7-17,19,28H,18,20-21H2,1-6H3,(H,32,37). The number of non-ortho nitro benzene ring substituents is 1. The number of nitrogens with one attached hydrogen (secondary N) is 1. The number of hydrogen-bond donors (Lipinski definition) is 1. The molecule has 2 amide bonds. The lowest BCUT2D eigenvalue weighted by Crippen LogP contribution is -2.56. The molecule has 0 aliphatic carbocycles. The Morgan fingerprint density at radius 1 is 0.952 bits per heavy atom. The van der Waals surface area contributed by atoms with Crippen LogP contribution in [0.5, 0.6) is 0 Å². The number of benzene rings is 3. The van der Waals surface area contributed by atoms with Gasteiger partial charge in [0.05, 0.1) is 16.9 Å². The molecular weight excluding hydrogens is 556 g/mol. The molecule has 0 spiro atoms. The van der Waals surface area contributed by atoms with Gasteiger partial charge < -0.3 is 10.2 Å².